The van der Waals surface area contributed by atoms with Gasteiger partial charge in [-0.15, -0.1) is 0 Å². The highest BCUT2D eigenvalue weighted by Gasteiger charge is 2.16. The van der Waals surface area contributed by atoms with E-state index in [4.69, 9.17) is 5.26 Å². The highest BCUT2D eigenvalue weighted by atomic mass is 32.2. The summed E-state index contributed by atoms with van der Waals surface area (Å²) >= 11 is 0. The summed E-state index contributed by atoms with van der Waals surface area (Å²) in [7, 11) is -4.74. The average Bonchev–Trinajstić information content (AvgIpc) is 2.28. The summed E-state index contributed by atoms with van der Waals surface area (Å²) in [5, 5.41) is 8.39. The van der Waals surface area contributed by atoms with Crippen molar-refractivity contribution >= 4 is 20.6 Å². The Labute approximate surface area is 104 Å². The molecule has 0 amide bonds. The van der Waals surface area contributed by atoms with E-state index >= 15 is 0 Å². The fraction of sp³-hybridized carbons (Fsp3) is 0.364. The lowest BCUT2D eigenvalue weighted by Crippen LogP contribution is -2.06. The molecule has 0 unspecified atom stereocenters. The summed E-state index contributed by atoms with van der Waals surface area (Å²) in [6, 6.07) is 8.23. The SMILES string of the molecule is CS(=O)(=O)c1ccccc1[S@@](=O)CCCC#N. The molecule has 0 fully saturated rings. The fourth-order valence-electron chi connectivity index (χ4n) is 1.34. The highest BCUT2D eigenvalue weighted by molar-refractivity contribution is 7.92. The van der Waals surface area contributed by atoms with Crippen LogP contribution in [0.1, 0.15) is 12.8 Å². The summed E-state index contributed by atoms with van der Waals surface area (Å²) in [5.41, 5.74) is 0. The predicted molar refractivity (Wildman–Crippen MR) is 65.7 cm³/mol. The van der Waals surface area contributed by atoms with Gasteiger partial charge in [-0.05, 0) is 18.6 Å². The maximum Gasteiger partial charge on any atom is 0.176 e. The Morgan fingerprint density at radius 2 is 2.00 bits per heavy atom. The Kier molecular flexibility index (Phi) is 4.85. The largest absolute Gasteiger partial charge is 0.254 e. The van der Waals surface area contributed by atoms with E-state index in [2.05, 4.69) is 0 Å². The van der Waals surface area contributed by atoms with Crippen molar-refractivity contribution in [2.45, 2.75) is 22.6 Å². The van der Waals surface area contributed by atoms with Gasteiger partial charge >= 0.3 is 0 Å². The second-order valence-electron chi connectivity index (χ2n) is 3.53. The number of nitriles is 1. The molecule has 1 atom stereocenters. The molecule has 0 aromatic heterocycles. The van der Waals surface area contributed by atoms with Crippen molar-refractivity contribution in [1.82, 2.24) is 0 Å². The minimum atomic E-state index is -3.37. The molecule has 0 radical (unpaired) electrons. The van der Waals surface area contributed by atoms with Gasteiger partial charge in [0.25, 0.3) is 0 Å². The van der Waals surface area contributed by atoms with E-state index in [1.165, 1.54) is 6.07 Å². The van der Waals surface area contributed by atoms with Crippen LogP contribution < -0.4 is 0 Å². The van der Waals surface area contributed by atoms with Crippen LogP contribution in [0.25, 0.3) is 0 Å². The lowest BCUT2D eigenvalue weighted by Gasteiger charge is -2.06. The molecule has 1 aromatic carbocycles. The van der Waals surface area contributed by atoms with Gasteiger partial charge < -0.3 is 0 Å². The Morgan fingerprint density at radius 1 is 1.35 bits per heavy atom. The van der Waals surface area contributed by atoms with Crippen molar-refractivity contribution in [2.75, 3.05) is 12.0 Å². The van der Waals surface area contributed by atoms with Crippen molar-refractivity contribution in [3.63, 3.8) is 0 Å². The van der Waals surface area contributed by atoms with Crippen molar-refractivity contribution < 1.29 is 12.6 Å². The average molecular weight is 271 g/mol. The molecule has 1 aromatic rings. The van der Waals surface area contributed by atoms with Crippen molar-refractivity contribution in [1.29, 1.82) is 5.26 Å². The zero-order chi connectivity index (χ0) is 12.9. The van der Waals surface area contributed by atoms with Gasteiger partial charge in [0.05, 0.1) is 26.7 Å². The molecule has 0 aliphatic heterocycles. The minimum Gasteiger partial charge on any atom is -0.254 e. The summed E-state index contributed by atoms with van der Waals surface area (Å²) in [6.07, 6.45) is 1.92. The normalized spacial score (nSPS) is 12.9. The molecule has 0 bridgehead atoms. The maximum atomic E-state index is 11.9. The van der Waals surface area contributed by atoms with Crippen LogP contribution >= 0.6 is 0 Å². The second kappa shape index (κ2) is 5.94. The number of unbranched alkanes of at least 4 members (excludes halogenated alkanes) is 1. The standard InChI is InChI=1S/C11H13NO3S2/c1-17(14,15)11-7-3-2-6-10(11)16(13)9-5-4-8-12/h2-3,6-7H,4-5,9H2,1H3/t16-/m0/s1. The van der Waals surface area contributed by atoms with Crippen LogP contribution in [0.4, 0.5) is 0 Å². The number of nitrogens with zero attached hydrogens (tertiary/aromatic N) is 1. The first-order chi connectivity index (χ1) is 7.96. The van der Waals surface area contributed by atoms with E-state index in [1.54, 1.807) is 18.2 Å². The Hall–Kier alpha value is -1.19. The first-order valence-corrected chi connectivity index (χ1v) is 8.22. The maximum absolute atomic E-state index is 11.9. The number of benzene rings is 1. The summed E-state index contributed by atoms with van der Waals surface area (Å²) in [6.45, 7) is 0. The third-order valence-corrected chi connectivity index (χ3v) is 4.90. The minimum absolute atomic E-state index is 0.107. The molecule has 0 aliphatic carbocycles. The molecule has 4 nitrogen and oxygen atoms in total. The van der Waals surface area contributed by atoms with E-state index < -0.39 is 20.6 Å². The number of sulfone groups is 1. The molecule has 0 saturated carbocycles. The molecule has 1 rings (SSSR count). The molecule has 0 N–H and O–H groups in total. The number of rotatable bonds is 5. The lowest BCUT2D eigenvalue weighted by atomic mass is 10.4. The van der Waals surface area contributed by atoms with Gasteiger partial charge in [0.15, 0.2) is 9.84 Å². The van der Waals surface area contributed by atoms with Crippen LogP contribution in [0.15, 0.2) is 34.1 Å². The van der Waals surface area contributed by atoms with Crippen molar-refractivity contribution in [3.8, 4) is 6.07 Å². The van der Waals surface area contributed by atoms with E-state index in [0.717, 1.165) is 6.26 Å². The van der Waals surface area contributed by atoms with Crippen LogP contribution in [0.5, 0.6) is 0 Å². The molecule has 0 saturated heterocycles. The van der Waals surface area contributed by atoms with Gasteiger partial charge in [0, 0.05) is 18.4 Å². The van der Waals surface area contributed by atoms with Gasteiger partial charge in [-0.25, -0.2) is 8.42 Å². The lowest BCUT2D eigenvalue weighted by molar-refractivity contribution is 0.599. The predicted octanol–water partition coefficient (Wildman–Crippen LogP) is 1.50. The molecule has 0 heterocycles. The van der Waals surface area contributed by atoms with E-state index in [9.17, 15) is 12.6 Å². The molecule has 17 heavy (non-hydrogen) atoms. The molecule has 92 valence electrons. The van der Waals surface area contributed by atoms with Crippen LogP contribution in [0, 0.1) is 11.3 Å². The molecular formula is C11H13NO3S2. The first kappa shape index (κ1) is 13.9. The van der Waals surface area contributed by atoms with Crippen LogP contribution in [-0.2, 0) is 20.6 Å². The van der Waals surface area contributed by atoms with E-state index in [1.807, 2.05) is 6.07 Å². The first-order valence-electron chi connectivity index (χ1n) is 5.01. The monoisotopic (exact) mass is 271 g/mol. The van der Waals surface area contributed by atoms with Crippen LogP contribution in [0.3, 0.4) is 0 Å². The van der Waals surface area contributed by atoms with Gasteiger partial charge in [-0.1, -0.05) is 12.1 Å². The zero-order valence-electron chi connectivity index (χ0n) is 9.42. The Morgan fingerprint density at radius 3 is 2.59 bits per heavy atom. The quantitative estimate of drug-likeness (QED) is 0.761. The third kappa shape index (κ3) is 3.95. The summed E-state index contributed by atoms with van der Waals surface area (Å²) in [5.74, 6) is 0.306. The van der Waals surface area contributed by atoms with Crippen molar-refractivity contribution in [2.24, 2.45) is 0 Å². The van der Waals surface area contributed by atoms with Crippen LogP contribution in [0.2, 0.25) is 0 Å². The van der Waals surface area contributed by atoms with Crippen LogP contribution in [-0.4, -0.2) is 24.6 Å². The van der Waals surface area contributed by atoms with Gasteiger partial charge in [0.2, 0.25) is 0 Å². The second-order valence-corrected chi connectivity index (χ2v) is 7.05. The zero-order valence-corrected chi connectivity index (χ0v) is 11.1. The molecular weight excluding hydrogens is 258 g/mol. The topological polar surface area (TPSA) is 75.0 Å². The smallest absolute Gasteiger partial charge is 0.176 e. The van der Waals surface area contributed by atoms with Gasteiger partial charge in [-0.2, -0.15) is 5.26 Å². The molecule has 6 heteroatoms. The summed E-state index contributed by atoms with van der Waals surface area (Å²) in [4.78, 5) is 0.434. The van der Waals surface area contributed by atoms with Gasteiger partial charge in [-0.3, -0.25) is 4.21 Å². The van der Waals surface area contributed by atoms with E-state index in [-0.39, 0.29) is 4.90 Å². The molecule has 0 aliphatic rings. The summed E-state index contributed by atoms with van der Waals surface area (Å²) < 4.78 is 34.9. The highest BCUT2D eigenvalue weighted by Crippen LogP contribution is 2.19. The Bertz CT molecular complexity index is 558. The van der Waals surface area contributed by atoms with Crippen molar-refractivity contribution in [3.05, 3.63) is 24.3 Å². The molecule has 0 spiro atoms. The number of hydrogen-bond donors (Lipinski definition) is 0. The fourth-order valence-corrected chi connectivity index (χ4v) is 3.98. The number of hydrogen-bond acceptors (Lipinski definition) is 4. The van der Waals surface area contributed by atoms with Gasteiger partial charge in [0.1, 0.15) is 0 Å². The Balaban J connectivity index is 2.99. The third-order valence-electron chi connectivity index (χ3n) is 2.11. The van der Waals surface area contributed by atoms with E-state index in [0.29, 0.717) is 23.5 Å².